The molecule has 0 saturated heterocycles. The van der Waals surface area contributed by atoms with Crippen molar-refractivity contribution in [1.29, 1.82) is 0 Å². The normalized spacial score (nSPS) is 16.9. The number of carbonyl (C=O) groups excluding carboxylic acids is 1. The molecule has 2 aromatic rings. The van der Waals surface area contributed by atoms with Crippen LogP contribution in [0.5, 0.6) is 0 Å². The summed E-state index contributed by atoms with van der Waals surface area (Å²) in [5.74, 6) is -0.934. The molecule has 1 heterocycles. The van der Waals surface area contributed by atoms with Crippen LogP contribution in [-0.2, 0) is 9.53 Å². The highest BCUT2D eigenvalue weighted by molar-refractivity contribution is 7.80. The van der Waals surface area contributed by atoms with Crippen molar-refractivity contribution in [2.24, 2.45) is 0 Å². The summed E-state index contributed by atoms with van der Waals surface area (Å²) in [6, 6.07) is 14.9. The molecule has 2 aromatic carbocycles. The molecule has 0 radical (unpaired) electrons. The van der Waals surface area contributed by atoms with Gasteiger partial charge >= 0.3 is 5.97 Å². The summed E-state index contributed by atoms with van der Waals surface area (Å²) in [5.41, 5.74) is 1.93. The second kappa shape index (κ2) is 7.44. The number of esters is 1. The van der Waals surface area contributed by atoms with E-state index in [0.717, 1.165) is 5.56 Å². The molecule has 6 heteroatoms. The van der Waals surface area contributed by atoms with Crippen molar-refractivity contribution >= 4 is 29.0 Å². The van der Waals surface area contributed by atoms with Gasteiger partial charge in [-0.25, -0.2) is 9.18 Å². The van der Waals surface area contributed by atoms with E-state index in [0.29, 0.717) is 21.9 Å². The van der Waals surface area contributed by atoms with Gasteiger partial charge in [0.2, 0.25) is 0 Å². The lowest BCUT2D eigenvalue weighted by molar-refractivity contribution is -0.138. The molecule has 1 aliphatic heterocycles. The van der Waals surface area contributed by atoms with Crippen LogP contribution in [-0.4, -0.2) is 17.7 Å². The van der Waals surface area contributed by atoms with E-state index in [1.54, 1.807) is 25.1 Å². The van der Waals surface area contributed by atoms with Crippen molar-refractivity contribution in [3.8, 4) is 0 Å². The number of benzene rings is 2. The summed E-state index contributed by atoms with van der Waals surface area (Å²) in [6.07, 6.45) is 0. The van der Waals surface area contributed by atoms with Crippen molar-refractivity contribution in [1.82, 2.24) is 10.6 Å². The van der Waals surface area contributed by atoms with Crippen molar-refractivity contribution in [2.45, 2.75) is 13.0 Å². The summed E-state index contributed by atoms with van der Waals surface area (Å²) in [6.45, 7) is 1.95. The maximum Gasteiger partial charge on any atom is 0.338 e. The number of ether oxygens (including phenoxy) is 1. The van der Waals surface area contributed by atoms with E-state index in [1.165, 1.54) is 6.07 Å². The van der Waals surface area contributed by atoms with Crippen LogP contribution >= 0.6 is 12.2 Å². The van der Waals surface area contributed by atoms with Crippen LogP contribution < -0.4 is 10.6 Å². The Morgan fingerprint density at radius 2 is 1.84 bits per heavy atom. The van der Waals surface area contributed by atoms with Gasteiger partial charge in [-0.05, 0) is 30.8 Å². The Bertz CT molecular complexity index is 836. The first-order chi connectivity index (χ1) is 12.1. The van der Waals surface area contributed by atoms with Gasteiger partial charge in [0, 0.05) is 5.56 Å². The summed E-state index contributed by atoms with van der Waals surface area (Å²) >= 11 is 5.28. The minimum Gasteiger partial charge on any atom is -0.463 e. The Kier molecular flexibility index (Phi) is 5.09. The zero-order valence-electron chi connectivity index (χ0n) is 13.6. The number of halogens is 1. The Hall–Kier alpha value is -2.73. The lowest BCUT2D eigenvalue weighted by atomic mass is 9.92. The van der Waals surface area contributed by atoms with Crippen LogP contribution in [0, 0.1) is 5.82 Å². The van der Waals surface area contributed by atoms with Gasteiger partial charge in [-0.3, -0.25) is 0 Å². The molecule has 25 heavy (non-hydrogen) atoms. The van der Waals surface area contributed by atoms with Gasteiger partial charge in [0.1, 0.15) is 5.82 Å². The van der Waals surface area contributed by atoms with Crippen LogP contribution in [0.2, 0.25) is 0 Å². The van der Waals surface area contributed by atoms with E-state index >= 15 is 0 Å². The second-order valence-corrected chi connectivity index (χ2v) is 5.84. The molecule has 0 fully saturated rings. The molecule has 128 valence electrons. The first-order valence-corrected chi connectivity index (χ1v) is 8.31. The van der Waals surface area contributed by atoms with Crippen LogP contribution in [0.3, 0.4) is 0 Å². The standard InChI is InChI=1S/C19H17FN2O2S/c1-2-24-18(23)15-16(12-8-4-3-5-9-12)21-19(25)22-17(15)13-10-6-7-11-14(13)20/h3-11,17H,2H2,1H3,(H2,21,22,25)/t17-/m0/s1. The van der Waals surface area contributed by atoms with Crippen LogP contribution in [0.15, 0.2) is 60.2 Å². The lowest BCUT2D eigenvalue weighted by Crippen LogP contribution is -2.45. The molecular weight excluding hydrogens is 339 g/mol. The van der Waals surface area contributed by atoms with Crippen LogP contribution in [0.25, 0.3) is 5.70 Å². The smallest absolute Gasteiger partial charge is 0.338 e. The van der Waals surface area contributed by atoms with E-state index < -0.39 is 17.8 Å². The van der Waals surface area contributed by atoms with E-state index in [-0.39, 0.29) is 6.61 Å². The minimum absolute atomic E-state index is 0.221. The molecule has 3 rings (SSSR count). The van der Waals surface area contributed by atoms with Crippen molar-refractivity contribution in [3.63, 3.8) is 0 Å². The van der Waals surface area contributed by atoms with Crippen LogP contribution in [0.4, 0.5) is 4.39 Å². The fourth-order valence-corrected chi connectivity index (χ4v) is 2.99. The molecule has 2 N–H and O–H groups in total. The second-order valence-electron chi connectivity index (χ2n) is 5.43. The third-order valence-corrected chi connectivity index (χ3v) is 4.07. The van der Waals surface area contributed by atoms with Crippen molar-refractivity contribution < 1.29 is 13.9 Å². The molecule has 0 amide bonds. The highest BCUT2D eigenvalue weighted by Crippen LogP contribution is 2.33. The summed E-state index contributed by atoms with van der Waals surface area (Å²) in [7, 11) is 0. The lowest BCUT2D eigenvalue weighted by Gasteiger charge is -2.31. The van der Waals surface area contributed by atoms with E-state index in [1.807, 2.05) is 30.3 Å². The van der Waals surface area contributed by atoms with Crippen molar-refractivity contribution in [3.05, 3.63) is 77.1 Å². The number of carbonyl (C=O) groups is 1. The van der Waals surface area contributed by atoms with Gasteiger partial charge in [-0.2, -0.15) is 0 Å². The van der Waals surface area contributed by atoms with Gasteiger partial charge in [0.15, 0.2) is 5.11 Å². The van der Waals surface area contributed by atoms with Gasteiger partial charge in [0.05, 0.1) is 23.9 Å². The number of thiocarbonyl (C=S) groups is 1. The van der Waals surface area contributed by atoms with E-state index in [4.69, 9.17) is 17.0 Å². The number of hydrogen-bond donors (Lipinski definition) is 2. The topological polar surface area (TPSA) is 50.4 Å². The molecule has 0 aromatic heterocycles. The van der Waals surface area contributed by atoms with Gasteiger partial charge < -0.3 is 15.4 Å². The average molecular weight is 356 g/mol. The molecule has 0 bridgehead atoms. The number of nitrogens with one attached hydrogen (secondary N) is 2. The predicted octanol–water partition coefficient (Wildman–Crippen LogP) is 3.32. The molecule has 0 spiro atoms. The molecule has 0 aliphatic carbocycles. The van der Waals surface area contributed by atoms with E-state index in [2.05, 4.69) is 10.6 Å². The average Bonchev–Trinajstić information content (AvgIpc) is 2.62. The fraction of sp³-hybridized carbons (Fsp3) is 0.158. The van der Waals surface area contributed by atoms with E-state index in [9.17, 15) is 9.18 Å². The highest BCUT2D eigenvalue weighted by atomic mass is 32.1. The first kappa shape index (κ1) is 17.1. The van der Waals surface area contributed by atoms with Gasteiger partial charge in [-0.1, -0.05) is 48.5 Å². The molecule has 0 saturated carbocycles. The summed E-state index contributed by atoms with van der Waals surface area (Å²) in [5, 5.41) is 6.32. The Balaban J connectivity index is 2.20. The maximum atomic E-state index is 14.4. The Morgan fingerprint density at radius 3 is 2.52 bits per heavy atom. The SMILES string of the molecule is CCOC(=O)C1=C(c2ccccc2)NC(=S)N[C@H]1c1ccccc1F. The third-order valence-electron chi connectivity index (χ3n) is 3.85. The molecule has 0 unspecified atom stereocenters. The summed E-state index contributed by atoms with van der Waals surface area (Å²) < 4.78 is 19.6. The molecular formula is C19H17FN2O2S. The van der Waals surface area contributed by atoms with Gasteiger partial charge in [-0.15, -0.1) is 0 Å². The van der Waals surface area contributed by atoms with Gasteiger partial charge in [0.25, 0.3) is 0 Å². The number of rotatable bonds is 4. The van der Waals surface area contributed by atoms with Crippen LogP contribution in [0.1, 0.15) is 24.1 Å². The zero-order valence-corrected chi connectivity index (χ0v) is 14.4. The molecule has 1 aliphatic rings. The Morgan fingerprint density at radius 1 is 1.16 bits per heavy atom. The minimum atomic E-state index is -0.732. The predicted molar refractivity (Wildman–Crippen MR) is 98.0 cm³/mol. The highest BCUT2D eigenvalue weighted by Gasteiger charge is 2.34. The first-order valence-electron chi connectivity index (χ1n) is 7.90. The molecule has 4 nitrogen and oxygen atoms in total. The number of hydrogen-bond acceptors (Lipinski definition) is 3. The quantitative estimate of drug-likeness (QED) is 0.650. The molecule has 1 atom stereocenters. The zero-order chi connectivity index (χ0) is 17.8. The monoisotopic (exact) mass is 356 g/mol. The van der Waals surface area contributed by atoms with Crippen molar-refractivity contribution in [2.75, 3.05) is 6.61 Å². The third kappa shape index (κ3) is 3.53. The Labute approximate surface area is 150 Å². The largest absolute Gasteiger partial charge is 0.463 e. The summed E-state index contributed by atoms with van der Waals surface area (Å²) in [4.78, 5) is 12.7. The fourth-order valence-electron chi connectivity index (χ4n) is 2.77. The maximum absolute atomic E-state index is 14.4.